The zero-order chi connectivity index (χ0) is 6.69. The topological polar surface area (TPSA) is 49.6 Å². The highest BCUT2D eigenvalue weighted by atomic mass is 32.1. The number of rotatable bonds is 1. The third-order valence-corrected chi connectivity index (χ3v) is 1.79. The van der Waals surface area contributed by atoms with Gasteiger partial charge in [0.15, 0.2) is 0 Å². The molecule has 1 aromatic heterocycles. The van der Waals surface area contributed by atoms with Gasteiger partial charge in [-0.1, -0.05) is 0 Å². The van der Waals surface area contributed by atoms with Gasteiger partial charge in [-0.05, 0) is 18.5 Å². The fourth-order valence-electron chi connectivity index (χ4n) is 0.428. The maximum atomic E-state index is 8.40. The number of hydrogen-bond acceptors (Lipinski definition) is 4. The Morgan fingerprint density at radius 2 is 2.67 bits per heavy atom. The number of nitriles is 1. The van der Waals surface area contributed by atoms with Crippen LogP contribution >= 0.6 is 11.5 Å². The predicted molar refractivity (Wildman–Crippen MR) is 33.9 cm³/mol. The monoisotopic (exact) mass is 139 g/mol. The predicted octanol–water partition coefficient (Wildman–Crippen LogP) is 1.17. The van der Waals surface area contributed by atoms with Crippen molar-refractivity contribution in [3.05, 3.63) is 11.3 Å². The van der Waals surface area contributed by atoms with E-state index in [2.05, 4.69) is 15.4 Å². The van der Waals surface area contributed by atoms with Crippen LogP contribution in [0.3, 0.4) is 0 Å². The van der Waals surface area contributed by atoms with E-state index in [4.69, 9.17) is 5.26 Å². The molecule has 0 amide bonds. The summed E-state index contributed by atoms with van der Waals surface area (Å²) < 4.78 is 3.77. The molecule has 1 heterocycles. The van der Waals surface area contributed by atoms with Crippen molar-refractivity contribution in [2.45, 2.75) is 12.8 Å². The number of nitrogens with zero attached hydrogens (tertiary/aromatic N) is 3. The summed E-state index contributed by atoms with van der Waals surface area (Å²) in [6, 6.07) is 2.08. The Labute approximate surface area is 57.1 Å². The zero-order valence-corrected chi connectivity index (χ0v) is 5.72. The molecule has 9 heavy (non-hydrogen) atoms. The highest BCUT2D eigenvalue weighted by Gasteiger charge is 2.05. The largest absolute Gasteiger partial charge is 0.227 e. The van der Waals surface area contributed by atoms with Crippen LogP contribution < -0.4 is 0 Å². The van der Waals surface area contributed by atoms with Crippen molar-refractivity contribution >= 4 is 11.5 Å². The van der Waals surface area contributed by atoms with Crippen molar-refractivity contribution in [2.24, 2.45) is 0 Å². The smallest absolute Gasteiger partial charge is 0.130 e. The second kappa shape index (κ2) is 2.55. The Morgan fingerprint density at radius 1 is 1.89 bits per heavy atom. The molecule has 1 rings (SSSR count). The normalized spacial score (nSPS) is 12.4. The van der Waals surface area contributed by atoms with E-state index in [9.17, 15) is 0 Å². The minimum Gasteiger partial charge on any atom is -0.227 e. The molecular weight excluding hydrogens is 134 g/mol. The Kier molecular flexibility index (Phi) is 1.75. The first kappa shape index (κ1) is 6.17. The van der Waals surface area contributed by atoms with E-state index in [1.165, 1.54) is 17.9 Å². The van der Waals surface area contributed by atoms with E-state index >= 15 is 0 Å². The molecule has 0 saturated carbocycles. The van der Waals surface area contributed by atoms with Crippen LogP contribution in [0.1, 0.15) is 17.8 Å². The zero-order valence-electron chi connectivity index (χ0n) is 4.90. The van der Waals surface area contributed by atoms with E-state index < -0.39 is 0 Å². The minimum atomic E-state index is -0.113. The van der Waals surface area contributed by atoms with Gasteiger partial charge in [-0.25, -0.2) is 4.98 Å². The Hall–Kier alpha value is -0.950. The van der Waals surface area contributed by atoms with E-state index in [1.54, 1.807) is 6.92 Å². The SMILES string of the molecule is CC(C#N)c1ncns1. The van der Waals surface area contributed by atoms with Crippen LogP contribution in [0.25, 0.3) is 0 Å². The lowest BCUT2D eigenvalue weighted by Gasteiger charge is -1.89. The lowest BCUT2D eigenvalue weighted by Crippen LogP contribution is -1.85. The summed E-state index contributed by atoms with van der Waals surface area (Å²) in [4.78, 5) is 3.87. The molecule has 0 aromatic carbocycles. The van der Waals surface area contributed by atoms with Crippen LogP contribution in [-0.4, -0.2) is 9.36 Å². The van der Waals surface area contributed by atoms with Gasteiger partial charge in [0.1, 0.15) is 11.3 Å². The van der Waals surface area contributed by atoms with E-state index in [-0.39, 0.29) is 5.92 Å². The van der Waals surface area contributed by atoms with E-state index in [0.717, 1.165) is 5.01 Å². The van der Waals surface area contributed by atoms with Crippen molar-refractivity contribution < 1.29 is 0 Å². The van der Waals surface area contributed by atoms with Crippen molar-refractivity contribution in [1.82, 2.24) is 9.36 Å². The molecular formula is C5H5N3S. The molecule has 0 radical (unpaired) electrons. The molecule has 0 fully saturated rings. The van der Waals surface area contributed by atoms with Gasteiger partial charge >= 0.3 is 0 Å². The van der Waals surface area contributed by atoms with Gasteiger partial charge in [0.2, 0.25) is 0 Å². The van der Waals surface area contributed by atoms with Crippen LogP contribution in [0.4, 0.5) is 0 Å². The third-order valence-electron chi connectivity index (χ3n) is 0.942. The fourth-order valence-corrected chi connectivity index (χ4v) is 0.935. The highest BCUT2D eigenvalue weighted by Crippen LogP contribution is 2.12. The number of aromatic nitrogens is 2. The Bertz CT molecular complexity index is 211. The Balaban J connectivity index is 2.80. The molecule has 0 N–H and O–H groups in total. The summed E-state index contributed by atoms with van der Waals surface area (Å²) in [7, 11) is 0. The highest BCUT2D eigenvalue weighted by molar-refractivity contribution is 7.05. The molecule has 0 bridgehead atoms. The maximum absolute atomic E-state index is 8.40. The molecule has 3 nitrogen and oxygen atoms in total. The summed E-state index contributed by atoms with van der Waals surface area (Å²) in [6.07, 6.45) is 1.47. The van der Waals surface area contributed by atoms with Gasteiger partial charge < -0.3 is 0 Å². The molecule has 4 heteroatoms. The summed E-state index contributed by atoms with van der Waals surface area (Å²) in [6.45, 7) is 1.81. The first-order chi connectivity index (χ1) is 4.34. The molecule has 1 atom stereocenters. The van der Waals surface area contributed by atoms with Crippen molar-refractivity contribution in [1.29, 1.82) is 5.26 Å². The van der Waals surface area contributed by atoms with Crippen LogP contribution in [0.5, 0.6) is 0 Å². The maximum Gasteiger partial charge on any atom is 0.130 e. The van der Waals surface area contributed by atoms with Crippen molar-refractivity contribution in [2.75, 3.05) is 0 Å². The summed E-state index contributed by atoms with van der Waals surface area (Å²) in [5.41, 5.74) is 0. The summed E-state index contributed by atoms with van der Waals surface area (Å²) >= 11 is 1.27. The first-order valence-electron chi connectivity index (χ1n) is 2.51. The van der Waals surface area contributed by atoms with Gasteiger partial charge in [-0.2, -0.15) is 9.64 Å². The van der Waals surface area contributed by atoms with E-state index in [0.29, 0.717) is 0 Å². The van der Waals surface area contributed by atoms with Crippen LogP contribution in [0, 0.1) is 11.3 Å². The van der Waals surface area contributed by atoms with Gasteiger partial charge in [0.25, 0.3) is 0 Å². The molecule has 1 unspecified atom stereocenters. The van der Waals surface area contributed by atoms with Crippen LogP contribution in [-0.2, 0) is 0 Å². The second-order valence-electron chi connectivity index (χ2n) is 1.63. The molecule has 0 aliphatic rings. The van der Waals surface area contributed by atoms with Gasteiger partial charge in [0.05, 0.1) is 12.0 Å². The van der Waals surface area contributed by atoms with Crippen molar-refractivity contribution in [3.8, 4) is 6.07 Å². The molecule has 46 valence electrons. The van der Waals surface area contributed by atoms with Gasteiger partial charge in [0, 0.05) is 0 Å². The van der Waals surface area contributed by atoms with E-state index in [1.807, 2.05) is 0 Å². The molecule has 0 aliphatic heterocycles. The molecule has 0 aliphatic carbocycles. The molecule has 1 aromatic rings. The van der Waals surface area contributed by atoms with Crippen LogP contribution in [0.15, 0.2) is 6.33 Å². The standard InChI is InChI=1S/C5H5N3S/c1-4(2-6)5-7-3-8-9-5/h3-4H,1H3. The average Bonchev–Trinajstić information content (AvgIpc) is 2.37. The number of hydrogen-bond donors (Lipinski definition) is 0. The average molecular weight is 139 g/mol. The first-order valence-corrected chi connectivity index (χ1v) is 3.28. The lowest BCUT2D eigenvalue weighted by atomic mass is 10.2. The van der Waals surface area contributed by atoms with Crippen molar-refractivity contribution in [3.63, 3.8) is 0 Å². The van der Waals surface area contributed by atoms with Crippen LogP contribution in [0.2, 0.25) is 0 Å². The molecule has 0 spiro atoms. The second-order valence-corrected chi connectivity index (χ2v) is 2.44. The minimum absolute atomic E-state index is 0.113. The summed E-state index contributed by atoms with van der Waals surface area (Å²) in [5, 5.41) is 9.18. The Morgan fingerprint density at radius 3 is 3.11 bits per heavy atom. The summed E-state index contributed by atoms with van der Waals surface area (Å²) in [5.74, 6) is -0.113. The van der Waals surface area contributed by atoms with Gasteiger partial charge in [-0.3, -0.25) is 0 Å². The fraction of sp³-hybridized carbons (Fsp3) is 0.400. The quantitative estimate of drug-likeness (QED) is 0.586. The molecule has 0 saturated heterocycles. The van der Waals surface area contributed by atoms with Gasteiger partial charge in [-0.15, -0.1) is 0 Å². The lowest BCUT2D eigenvalue weighted by molar-refractivity contribution is 0.957. The third kappa shape index (κ3) is 1.24.